The summed E-state index contributed by atoms with van der Waals surface area (Å²) < 4.78 is 22.0. The first-order valence-corrected chi connectivity index (χ1v) is 9.91. The van der Waals surface area contributed by atoms with E-state index >= 15 is 0 Å². The van der Waals surface area contributed by atoms with Gasteiger partial charge in [-0.25, -0.2) is 0 Å². The van der Waals surface area contributed by atoms with Gasteiger partial charge in [0.15, 0.2) is 17.2 Å². The first kappa shape index (κ1) is 22.4. The van der Waals surface area contributed by atoms with Gasteiger partial charge in [-0.1, -0.05) is 33.1 Å². The summed E-state index contributed by atoms with van der Waals surface area (Å²) >= 11 is 0. The SMILES string of the molecule is CCCCCC(C)C(=O)Nc1cc(OC)ccc1Oc1cc(OC)ccc1OC. The number of benzene rings is 2. The highest BCUT2D eigenvalue weighted by Gasteiger charge is 2.17. The highest BCUT2D eigenvalue weighted by molar-refractivity contribution is 5.94. The van der Waals surface area contributed by atoms with Gasteiger partial charge in [-0.05, 0) is 30.7 Å². The second kappa shape index (κ2) is 11.2. The molecule has 0 radical (unpaired) electrons. The molecule has 2 rings (SSSR count). The fourth-order valence-electron chi connectivity index (χ4n) is 2.89. The van der Waals surface area contributed by atoms with Gasteiger partial charge in [-0.2, -0.15) is 0 Å². The van der Waals surface area contributed by atoms with Gasteiger partial charge in [0.05, 0.1) is 27.0 Å². The second-order valence-electron chi connectivity index (χ2n) is 6.87. The molecular weight excluding hydrogens is 370 g/mol. The zero-order valence-electron chi connectivity index (χ0n) is 17.9. The van der Waals surface area contributed by atoms with Crippen LogP contribution in [0.1, 0.15) is 39.5 Å². The fraction of sp³-hybridized carbons (Fsp3) is 0.435. The minimum atomic E-state index is -0.0908. The zero-order valence-corrected chi connectivity index (χ0v) is 17.9. The number of hydrogen-bond acceptors (Lipinski definition) is 5. The molecule has 1 amide bonds. The van der Waals surface area contributed by atoms with Crippen molar-refractivity contribution in [3.63, 3.8) is 0 Å². The molecule has 29 heavy (non-hydrogen) atoms. The largest absolute Gasteiger partial charge is 0.497 e. The van der Waals surface area contributed by atoms with E-state index in [0.29, 0.717) is 34.4 Å². The van der Waals surface area contributed by atoms with Gasteiger partial charge in [0.2, 0.25) is 5.91 Å². The molecule has 0 fully saturated rings. The van der Waals surface area contributed by atoms with E-state index in [1.807, 2.05) is 6.92 Å². The number of methoxy groups -OCH3 is 3. The fourth-order valence-corrected chi connectivity index (χ4v) is 2.89. The molecule has 1 atom stereocenters. The molecule has 0 saturated carbocycles. The van der Waals surface area contributed by atoms with E-state index in [1.165, 1.54) is 0 Å². The van der Waals surface area contributed by atoms with Gasteiger partial charge in [0.1, 0.15) is 11.5 Å². The molecular formula is C23H31NO5. The van der Waals surface area contributed by atoms with Crippen LogP contribution in [0, 0.1) is 5.92 Å². The van der Waals surface area contributed by atoms with Gasteiger partial charge in [0, 0.05) is 18.1 Å². The molecule has 6 nitrogen and oxygen atoms in total. The Morgan fingerprint density at radius 1 is 0.897 bits per heavy atom. The zero-order chi connectivity index (χ0) is 21.2. The smallest absolute Gasteiger partial charge is 0.227 e. The molecule has 6 heteroatoms. The summed E-state index contributed by atoms with van der Waals surface area (Å²) in [7, 11) is 4.74. The molecule has 0 aliphatic heterocycles. The molecule has 0 bridgehead atoms. The van der Waals surface area contributed by atoms with E-state index in [2.05, 4.69) is 12.2 Å². The predicted molar refractivity (Wildman–Crippen MR) is 115 cm³/mol. The van der Waals surface area contributed by atoms with Crippen LogP contribution in [0.5, 0.6) is 28.7 Å². The highest BCUT2D eigenvalue weighted by Crippen LogP contribution is 2.39. The topological polar surface area (TPSA) is 66.0 Å². The standard InChI is InChI=1S/C23H31NO5/c1-6-7-8-9-16(2)23(25)24-19-14-17(26-3)10-12-20(19)29-22-15-18(27-4)11-13-21(22)28-5/h10-16H,6-9H2,1-5H3,(H,24,25). The predicted octanol–water partition coefficient (Wildman–Crippen LogP) is 5.66. The average molecular weight is 402 g/mol. The lowest BCUT2D eigenvalue weighted by Gasteiger charge is -2.17. The summed E-state index contributed by atoms with van der Waals surface area (Å²) in [6, 6.07) is 10.6. The number of rotatable bonds is 11. The second-order valence-corrected chi connectivity index (χ2v) is 6.87. The van der Waals surface area contributed by atoms with Gasteiger partial charge >= 0.3 is 0 Å². The third kappa shape index (κ3) is 6.31. The molecule has 0 aliphatic rings. The Kier molecular flexibility index (Phi) is 8.65. The monoisotopic (exact) mass is 401 g/mol. The molecule has 158 valence electrons. The first-order chi connectivity index (χ1) is 14.0. The number of carbonyl (C=O) groups excluding carboxylic acids is 1. The van der Waals surface area contributed by atoms with Crippen LogP contribution >= 0.6 is 0 Å². The van der Waals surface area contributed by atoms with Crippen molar-refractivity contribution in [2.24, 2.45) is 5.92 Å². The van der Waals surface area contributed by atoms with E-state index in [9.17, 15) is 4.79 Å². The minimum absolute atomic E-state index is 0.0446. The Morgan fingerprint density at radius 2 is 1.55 bits per heavy atom. The van der Waals surface area contributed by atoms with Crippen molar-refractivity contribution in [1.29, 1.82) is 0 Å². The summed E-state index contributed by atoms with van der Waals surface area (Å²) in [6.07, 6.45) is 4.14. The highest BCUT2D eigenvalue weighted by atomic mass is 16.5. The van der Waals surface area contributed by atoms with Crippen LogP contribution in [-0.2, 0) is 4.79 Å². The molecule has 1 unspecified atom stereocenters. The normalized spacial score (nSPS) is 11.5. The minimum Gasteiger partial charge on any atom is -0.497 e. The Bertz CT molecular complexity index is 806. The molecule has 1 N–H and O–H groups in total. The van der Waals surface area contributed by atoms with Crippen molar-refractivity contribution in [2.45, 2.75) is 39.5 Å². The molecule has 0 aliphatic carbocycles. The van der Waals surface area contributed by atoms with Crippen molar-refractivity contribution in [1.82, 2.24) is 0 Å². The maximum absolute atomic E-state index is 12.7. The molecule has 2 aromatic rings. The third-order valence-corrected chi connectivity index (χ3v) is 4.72. The Hall–Kier alpha value is -2.89. The van der Waals surface area contributed by atoms with Crippen LogP contribution in [0.25, 0.3) is 0 Å². The number of carbonyl (C=O) groups is 1. The Balaban J connectivity index is 2.26. The van der Waals surface area contributed by atoms with Crippen molar-refractivity contribution in [3.05, 3.63) is 36.4 Å². The van der Waals surface area contributed by atoms with E-state index in [0.717, 1.165) is 25.7 Å². The van der Waals surface area contributed by atoms with Crippen molar-refractivity contribution >= 4 is 11.6 Å². The summed E-state index contributed by atoms with van der Waals surface area (Å²) in [6.45, 7) is 4.09. The van der Waals surface area contributed by atoms with Gasteiger partial charge in [0.25, 0.3) is 0 Å². The number of anilines is 1. The maximum Gasteiger partial charge on any atom is 0.227 e. The Morgan fingerprint density at radius 3 is 2.17 bits per heavy atom. The summed E-state index contributed by atoms with van der Waals surface area (Å²) in [5.74, 6) is 2.68. The molecule has 0 spiro atoms. The first-order valence-electron chi connectivity index (χ1n) is 9.91. The number of ether oxygens (including phenoxy) is 4. The molecule has 0 saturated heterocycles. The number of amides is 1. The lowest BCUT2D eigenvalue weighted by molar-refractivity contribution is -0.119. The van der Waals surface area contributed by atoms with Crippen LogP contribution in [0.2, 0.25) is 0 Å². The van der Waals surface area contributed by atoms with Crippen molar-refractivity contribution in [3.8, 4) is 28.7 Å². The summed E-state index contributed by atoms with van der Waals surface area (Å²) in [4.78, 5) is 12.7. The van der Waals surface area contributed by atoms with Gasteiger partial charge < -0.3 is 24.3 Å². The summed E-state index contributed by atoms with van der Waals surface area (Å²) in [5, 5.41) is 2.98. The quantitative estimate of drug-likeness (QED) is 0.492. The van der Waals surface area contributed by atoms with Crippen molar-refractivity contribution in [2.75, 3.05) is 26.6 Å². The average Bonchev–Trinajstić information content (AvgIpc) is 2.74. The third-order valence-electron chi connectivity index (χ3n) is 4.72. The van der Waals surface area contributed by atoms with Gasteiger partial charge in [-0.3, -0.25) is 4.79 Å². The van der Waals surface area contributed by atoms with Gasteiger partial charge in [-0.15, -0.1) is 0 Å². The number of unbranched alkanes of at least 4 members (excludes halogenated alkanes) is 2. The lowest BCUT2D eigenvalue weighted by atomic mass is 10.0. The molecule has 0 heterocycles. The lowest BCUT2D eigenvalue weighted by Crippen LogP contribution is -2.20. The van der Waals surface area contributed by atoms with Crippen LogP contribution in [-0.4, -0.2) is 27.2 Å². The van der Waals surface area contributed by atoms with E-state index < -0.39 is 0 Å². The van der Waals surface area contributed by atoms with E-state index in [4.69, 9.17) is 18.9 Å². The van der Waals surface area contributed by atoms with Crippen molar-refractivity contribution < 1.29 is 23.7 Å². The molecule has 0 aromatic heterocycles. The molecule has 2 aromatic carbocycles. The van der Waals surface area contributed by atoms with Crippen LogP contribution in [0.4, 0.5) is 5.69 Å². The van der Waals surface area contributed by atoms with Crippen LogP contribution in [0.15, 0.2) is 36.4 Å². The Labute approximate surface area is 173 Å². The van der Waals surface area contributed by atoms with Crippen LogP contribution < -0.4 is 24.3 Å². The summed E-state index contributed by atoms with van der Waals surface area (Å²) in [5.41, 5.74) is 0.543. The van der Waals surface area contributed by atoms with E-state index in [-0.39, 0.29) is 11.8 Å². The maximum atomic E-state index is 12.7. The van der Waals surface area contributed by atoms with Crippen LogP contribution in [0.3, 0.4) is 0 Å². The number of nitrogens with one attached hydrogen (secondary N) is 1. The number of hydrogen-bond donors (Lipinski definition) is 1. The van der Waals surface area contributed by atoms with E-state index in [1.54, 1.807) is 57.7 Å².